The van der Waals surface area contributed by atoms with Crippen LogP contribution < -0.4 is 10.6 Å². The van der Waals surface area contributed by atoms with E-state index in [1.165, 1.54) is 0 Å². The van der Waals surface area contributed by atoms with Crippen LogP contribution in [-0.4, -0.2) is 36.9 Å². The number of alkyl carbamates (subject to hydrolysis) is 1. The monoisotopic (exact) mass is 344 g/mol. The number of carbonyl (C=O) groups is 2. The molecule has 2 N–H and O–H groups in total. The Hall–Kier alpha value is -2.22. The summed E-state index contributed by atoms with van der Waals surface area (Å²) in [5, 5.41) is 5.00. The van der Waals surface area contributed by atoms with Crippen LogP contribution in [0.2, 0.25) is 0 Å². The molecule has 0 spiro atoms. The fraction of sp³-hybridized carbons (Fsp3) is 0.500. The molecule has 0 fully saturated rings. The highest BCUT2D eigenvalue weighted by molar-refractivity contribution is 5.83. The van der Waals surface area contributed by atoms with Gasteiger partial charge >= 0.3 is 12.7 Å². The summed E-state index contributed by atoms with van der Waals surface area (Å²) in [6, 6.07) is 9.00. The van der Waals surface area contributed by atoms with Gasteiger partial charge in [0.25, 0.3) is 5.91 Å². The van der Waals surface area contributed by atoms with E-state index in [0.717, 1.165) is 5.56 Å². The molecule has 1 atom stereocenters. The van der Waals surface area contributed by atoms with Crippen molar-refractivity contribution in [2.45, 2.75) is 45.6 Å². The van der Waals surface area contributed by atoms with Crippen LogP contribution in [0.1, 0.15) is 26.3 Å². The molecule has 24 heavy (non-hydrogen) atoms. The van der Waals surface area contributed by atoms with E-state index in [-0.39, 0.29) is 6.54 Å². The van der Waals surface area contributed by atoms with Crippen molar-refractivity contribution in [3.8, 4) is 0 Å². The Morgan fingerprint density at radius 2 is 1.79 bits per heavy atom. The predicted octanol–water partition coefficient (Wildman–Crippen LogP) is 2.44. The number of carbonyl (C=O) groups excluding carboxylic acids is 2. The number of ether oxygens (including phenoxy) is 2. The molecule has 1 aromatic rings. The topological polar surface area (TPSA) is 76.7 Å². The van der Waals surface area contributed by atoms with E-state index in [9.17, 15) is 18.4 Å². The van der Waals surface area contributed by atoms with Crippen molar-refractivity contribution < 1.29 is 27.8 Å². The second kappa shape index (κ2) is 9.17. The fourth-order valence-electron chi connectivity index (χ4n) is 1.69. The first kappa shape index (κ1) is 19.8. The third-order valence-electron chi connectivity index (χ3n) is 2.70. The fourth-order valence-corrected chi connectivity index (χ4v) is 1.69. The van der Waals surface area contributed by atoms with E-state index in [1.807, 2.05) is 6.07 Å². The first-order valence-electron chi connectivity index (χ1n) is 7.37. The SMILES string of the molecule is CC(C)(C)NC(=O)O[C@H](COC(F)F)C(=O)NCc1ccccc1. The van der Waals surface area contributed by atoms with Crippen LogP contribution in [0.5, 0.6) is 0 Å². The Balaban J connectivity index is 2.62. The maximum absolute atomic E-state index is 12.2. The zero-order chi connectivity index (χ0) is 18.2. The van der Waals surface area contributed by atoms with Gasteiger partial charge in [-0.05, 0) is 26.3 Å². The molecule has 8 heteroatoms. The first-order valence-corrected chi connectivity index (χ1v) is 7.37. The van der Waals surface area contributed by atoms with Crippen LogP contribution in [0.4, 0.5) is 13.6 Å². The Bertz CT molecular complexity index is 533. The zero-order valence-corrected chi connectivity index (χ0v) is 13.8. The maximum Gasteiger partial charge on any atom is 0.408 e. The lowest BCUT2D eigenvalue weighted by Crippen LogP contribution is -2.47. The second-order valence-corrected chi connectivity index (χ2v) is 6.07. The third kappa shape index (κ3) is 8.42. The van der Waals surface area contributed by atoms with Crippen molar-refractivity contribution in [3.05, 3.63) is 35.9 Å². The van der Waals surface area contributed by atoms with Gasteiger partial charge in [-0.3, -0.25) is 4.79 Å². The molecule has 0 aliphatic heterocycles. The summed E-state index contributed by atoms with van der Waals surface area (Å²) < 4.78 is 33.4. The predicted molar refractivity (Wildman–Crippen MR) is 83.4 cm³/mol. The van der Waals surface area contributed by atoms with E-state index in [4.69, 9.17) is 4.74 Å². The molecule has 0 heterocycles. The van der Waals surface area contributed by atoms with E-state index in [0.29, 0.717) is 0 Å². The van der Waals surface area contributed by atoms with Crippen LogP contribution in [-0.2, 0) is 20.8 Å². The molecule has 0 saturated carbocycles. The summed E-state index contributed by atoms with van der Waals surface area (Å²) in [5.41, 5.74) is 0.227. The summed E-state index contributed by atoms with van der Waals surface area (Å²) in [6.07, 6.45) is -2.37. The summed E-state index contributed by atoms with van der Waals surface area (Å²) in [5.74, 6) is -0.719. The average Bonchev–Trinajstić information content (AvgIpc) is 2.48. The summed E-state index contributed by atoms with van der Waals surface area (Å²) in [4.78, 5) is 23.8. The van der Waals surface area contributed by atoms with Gasteiger partial charge in [0.05, 0.1) is 6.61 Å². The normalized spacial score (nSPS) is 12.6. The molecular weight excluding hydrogens is 322 g/mol. The summed E-state index contributed by atoms with van der Waals surface area (Å²) in [6.45, 7) is 1.52. The van der Waals surface area contributed by atoms with Gasteiger partial charge in [-0.25, -0.2) is 4.79 Å². The lowest BCUT2D eigenvalue weighted by Gasteiger charge is -2.23. The van der Waals surface area contributed by atoms with E-state index < -0.39 is 36.9 Å². The van der Waals surface area contributed by atoms with Crippen molar-refractivity contribution in [2.75, 3.05) is 6.61 Å². The van der Waals surface area contributed by atoms with Crippen LogP contribution in [0.3, 0.4) is 0 Å². The van der Waals surface area contributed by atoms with Crippen LogP contribution in [0.15, 0.2) is 30.3 Å². The van der Waals surface area contributed by atoms with Gasteiger partial charge in [0.2, 0.25) is 6.10 Å². The van der Waals surface area contributed by atoms with Crippen molar-refractivity contribution in [1.82, 2.24) is 10.6 Å². The molecule has 0 saturated heterocycles. The third-order valence-corrected chi connectivity index (χ3v) is 2.70. The van der Waals surface area contributed by atoms with Crippen molar-refractivity contribution >= 4 is 12.0 Å². The van der Waals surface area contributed by atoms with E-state index in [1.54, 1.807) is 45.0 Å². The minimum atomic E-state index is -3.07. The quantitative estimate of drug-likeness (QED) is 0.796. The molecule has 0 radical (unpaired) electrons. The Labute approximate surface area is 139 Å². The molecule has 2 amide bonds. The van der Waals surface area contributed by atoms with Gasteiger partial charge in [0, 0.05) is 12.1 Å². The second-order valence-electron chi connectivity index (χ2n) is 6.07. The maximum atomic E-state index is 12.2. The highest BCUT2D eigenvalue weighted by Gasteiger charge is 2.26. The van der Waals surface area contributed by atoms with Gasteiger partial charge in [-0.2, -0.15) is 8.78 Å². The number of benzene rings is 1. The van der Waals surface area contributed by atoms with Crippen LogP contribution in [0, 0.1) is 0 Å². The highest BCUT2D eigenvalue weighted by Crippen LogP contribution is 2.05. The van der Waals surface area contributed by atoms with E-state index >= 15 is 0 Å². The Morgan fingerprint density at radius 1 is 1.17 bits per heavy atom. The molecule has 134 valence electrons. The van der Waals surface area contributed by atoms with Crippen LogP contribution >= 0.6 is 0 Å². The molecule has 1 rings (SSSR count). The van der Waals surface area contributed by atoms with Crippen molar-refractivity contribution in [2.24, 2.45) is 0 Å². The number of hydrogen-bond acceptors (Lipinski definition) is 4. The molecule has 1 aromatic carbocycles. The lowest BCUT2D eigenvalue weighted by atomic mass is 10.1. The van der Waals surface area contributed by atoms with Gasteiger partial charge in [0.1, 0.15) is 0 Å². The molecule has 0 aromatic heterocycles. The number of alkyl halides is 2. The molecule has 0 aliphatic rings. The first-order chi connectivity index (χ1) is 11.2. The molecule has 0 bridgehead atoms. The number of nitrogens with one attached hydrogen (secondary N) is 2. The van der Waals surface area contributed by atoms with Crippen LogP contribution in [0.25, 0.3) is 0 Å². The molecule has 6 nitrogen and oxygen atoms in total. The number of hydrogen-bond donors (Lipinski definition) is 2. The number of rotatable bonds is 7. The van der Waals surface area contributed by atoms with Crippen molar-refractivity contribution in [1.29, 1.82) is 0 Å². The minimum absolute atomic E-state index is 0.176. The lowest BCUT2D eigenvalue weighted by molar-refractivity contribution is -0.158. The largest absolute Gasteiger partial charge is 0.434 e. The number of amides is 2. The minimum Gasteiger partial charge on any atom is -0.434 e. The average molecular weight is 344 g/mol. The molecule has 0 unspecified atom stereocenters. The number of halogens is 2. The summed E-state index contributed by atoms with van der Waals surface area (Å²) >= 11 is 0. The summed E-state index contributed by atoms with van der Waals surface area (Å²) in [7, 11) is 0. The highest BCUT2D eigenvalue weighted by atomic mass is 19.3. The Kier molecular flexibility index (Phi) is 7.57. The van der Waals surface area contributed by atoms with Gasteiger partial charge in [-0.1, -0.05) is 30.3 Å². The van der Waals surface area contributed by atoms with Gasteiger partial charge in [-0.15, -0.1) is 0 Å². The standard InChI is InChI=1S/C16H22F2N2O4/c1-16(2,3)20-15(22)24-12(10-23-14(17)18)13(21)19-9-11-7-5-4-6-8-11/h4-8,12,14H,9-10H2,1-3H3,(H,19,21)(H,20,22)/t12-/m1/s1. The zero-order valence-electron chi connectivity index (χ0n) is 13.8. The molecule has 0 aliphatic carbocycles. The van der Waals surface area contributed by atoms with Crippen molar-refractivity contribution in [3.63, 3.8) is 0 Å². The Morgan fingerprint density at radius 3 is 2.33 bits per heavy atom. The molecular formula is C16H22F2N2O4. The van der Waals surface area contributed by atoms with Gasteiger partial charge < -0.3 is 20.1 Å². The smallest absolute Gasteiger partial charge is 0.408 e. The van der Waals surface area contributed by atoms with E-state index in [2.05, 4.69) is 15.4 Å². The van der Waals surface area contributed by atoms with Gasteiger partial charge in [0.15, 0.2) is 0 Å².